The van der Waals surface area contributed by atoms with Gasteiger partial charge in [-0.2, -0.15) is 13.9 Å². The number of nitrogens with zero attached hydrogens (tertiary/aromatic N) is 3. The number of nitrogens with two attached hydrogens (primary N) is 1. The number of amides is 1. The second-order valence-electron chi connectivity index (χ2n) is 7.65. The van der Waals surface area contributed by atoms with E-state index in [0.29, 0.717) is 20.0 Å². The minimum absolute atomic E-state index is 0.0299. The molecular weight excluding hydrogens is 420 g/mol. The predicted octanol–water partition coefficient (Wildman–Crippen LogP) is 2.17. The number of primary sulfonamides is 1. The van der Waals surface area contributed by atoms with Gasteiger partial charge in [0.05, 0.1) is 12.1 Å². The molecule has 1 fully saturated rings. The van der Waals surface area contributed by atoms with Crippen LogP contribution in [-0.2, 0) is 27.2 Å². The van der Waals surface area contributed by atoms with Crippen molar-refractivity contribution in [2.24, 2.45) is 5.14 Å². The van der Waals surface area contributed by atoms with Crippen molar-refractivity contribution in [2.45, 2.75) is 56.7 Å². The molecule has 1 saturated heterocycles. The molecule has 3 N–H and O–H groups in total. The van der Waals surface area contributed by atoms with E-state index >= 15 is 0 Å². The fraction of sp³-hybridized carbons (Fsp3) is 0.500. The third-order valence-electron chi connectivity index (χ3n) is 4.89. The van der Waals surface area contributed by atoms with Crippen LogP contribution in [0.5, 0.6) is 0 Å². The third-order valence-corrected chi connectivity index (χ3v) is 5.70. The number of sulfonamides is 1. The van der Waals surface area contributed by atoms with Crippen molar-refractivity contribution >= 4 is 21.6 Å². The summed E-state index contributed by atoms with van der Waals surface area (Å²) in [5, 5.41) is 11.1. The minimum Gasteiger partial charge on any atom is -0.373 e. The summed E-state index contributed by atoms with van der Waals surface area (Å²) < 4.78 is 58.0. The molecule has 0 unspecified atom stereocenters. The fourth-order valence-electron chi connectivity index (χ4n) is 3.48. The normalized spacial score (nSPS) is 19.8. The number of carbonyl (C=O) groups excluding carboxylic acids is 1. The smallest absolute Gasteiger partial charge is 0.289 e. The Morgan fingerprint density at radius 2 is 2.17 bits per heavy atom. The van der Waals surface area contributed by atoms with Gasteiger partial charge in [-0.1, -0.05) is 0 Å². The van der Waals surface area contributed by atoms with Crippen LogP contribution >= 0.6 is 0 Å². The number of hydrogen-bond donors (Lipinski definition) is 2. The van der Waals surface area contributed by atoms with Crippen molar-refractivity contribution in [1.82, 2.24) is 14.8 Å². The number of anilines is 1. The molecular formula is C18H23F2N5O4S. The Bertz CT molecular complexity index is 1070. The quantitative estimate of drug-likeness (QED) is 0.704. The largest absolute Gasteiger partial charge is 0.373 e. The molecule has 2 aromatic heterocycles. The molecule has 0 spiro atoms. The maximum atomic E-state index is 14.1. The first-order chi connectivity index (χ1) is 13.8. The van der Waals surface area contributed by atoms with Gasteiger partial charge in [0, 0.05) is 37.0 Å². The standard InChI is InChI=1S/C18H23F2N5O4S/c1-11-14(16(26)23-12-5-7-22-13(9-12)30(21,27)28)25(24-15(11)18(3,19)20)10-17(2)6-4-8-29-17/h5,7,9H,4,6,8,10H2,1-3H3,(H2,21,27,28)(H,22,23,26)/t17-/m0/s1. The Morgan fingerprint density at radius 1 is 1.47 bits per heavy atom. The summed E-state index contributed by atoms with van der Waals surface area (Å²) in [6.45, 7) is 4.60. The topological polar surface area (TPSA) is 129 Å². The van der Waals surface area contributed by atoms with Gasteiger partial charge >= 0.3 is 0 Å². The molecule has 2 aromatic rings. The second-order valence-corrected chi connectivity index (χ2v) is 9.16. The molecule has 30 heavy (non-hydrogen) atoms. The van der Waals surface area contributed by atoms with Gasteiger partial charge in [-0.3, -0.25) is 9.48 Å². The molecule has 9 nitrogen and oxygen atoms in total. The maximum absolute atomic E-state index is 14.1. The van der Waals surface area contributed by atoms with Crippen LogP contribution < -0.4 is 10.5 Å². The van der Waals surface area contributed by atoms with E-state index in [1.165, 1.54) is 23.9 Å². The number of alkyl halides is 2. The number of nitrogens with one attached hydrogen (secondary N) is 1. The highest BCUT2D eigenvalue weighted by Gasteiger charge is 2.37. The number of rotatable bonds is 6. The lowest BCUT2D eigenvalue weighted by Gasteiger charge is -2.24. The fourth-order valence-corrected chi connectivity index (χ4v) is 3.98. The van der Waals surface area contributed by atoms with E-state index in [1.807, 2.05) is 6.92 Å². The first-order valence-corrected chi connectivity index (χ1v) is 10.7. The minimum atomic E-state index is -4.08. The van der Waals surface area contributed by atoms with Gasteiger partial charge in [-0.05, 0) is 32.8 Å². The predicted molar refractivity (Wildman–Crippen MR) is 104 cm³/mol. The molecule has 1 aliphatic heterocycles. The Morgan fingerprint density at radius 3 is 2.73 bits per heavy atom. The summed E-state index contributed by atoms with van der Waals surface area (Å²) in [6, 6.07) is 2.44. The maximum Gasteiger partial charge on any atom is 0.289 e. The van der Waals surface area contributed by atoms with Crippen LogP contribution in [0.4, 0.5) is 14.5 Å². The van der Waals surface area contributed by atoms with Crippen LogP contribution in [0.15, 0.2) is 23.4 Å². The lowest BCUT2D eigenvalue weighted by Crippen LogP contribution is -2.32. The van der Waals surface area contributed by atoms with Gasteiger partial charge < -0.3 is 10.1 Å². The zero-order valence-electron chi connectivity index (χ0n) is 16.8. The summed E-state index contributed by atoms with van der Waals surface area (Å²) >= 11 is 0. The van der Waals surface area contributed by atoms with Crippen LogP contribution in [0, 0.1) is 6.92 Å². The number of aromatic nitrogens is 3. The molecule has 1 atom stereocenters. The lowest BCUT2D eigenvalue weighted by molar-refractivity contribution is -0.00166. The summed E-state index contributed by atoms with van der Waals surface area (Å²) in [7, 11) is -4.08. The average molecular weight is 443 g/mol. The van der Waals surface area contributed by atoms with E-state index < -0.39 is 38.2 Å². The molecule has 3 heterocycles. The summed E-state index contributed by atoms with van der Waals surface area (Å²) in [5.41, 5.74) is -1.07. The molecule has 0 bridgehead atoms. The Balaban J connectivity index is 1.99. The van der Waals surface area contributed by atoms with E-state index in [-0.39, 0.29) is 23.5 Å². The average Bonchev–Trinajstić information content (AvgIpc) is 3.17. The molecule has 0 aliphatic carbocycles. The SMILES string of the molecule is Cc1c(C(C)(F)F)nn(C[C@]2(C)CCCO2)c1C(=O)Nc1ccnc(S(N)(=O)=O)c1. The van der Waals surface area contributed by atoms with Crippen LogP contribution in [0.2, 0.25) is 0 Å². The van der Waals surface area contributed by atoms with Gasteiger partial charge in [0.15, 0.2) is 5.03 Å². The monoisotopic (exact) mass is 443 g/mol. The van der Waals surface area contributed by atoms with Crippen molar-refractivity contribution in [1.29, 1.82) is 0 Å². The zero-order valence-corrected chi connectivity index (χ0v) is 17.6. The number of ether oxygens (including phenoxy) is 1. The van der Waals surface area contributed by atoms with Crippen LogP contribution in [0.3, 0.4) is 0 Å². The van der Waals surface area contributed by atoms with Crippen LogP contribution in [-0.4, -0.2) is 41.3 Å². The first kappa shape index (κ1) is 22.2. The summed E-state index contributed by atoms with van der Waals surface area (Å²) in [4.78, 5) is 16.6. The highest BCUT2D eigenvalue weighted by Crippen LogP contribution is 2.33. The third kappa shape index (κ3) is 4.65. The van der Waals surface area contributed by atoms with E-state index in [9.17, 15) is 22.0 Å². The number of carbonyl (C=O) groups is 1. The van der Waals surface area contributed by atoms with Gasteiger partial charge in [-0.15, -0.1) is 0 Å². The van der Waals surface area contributed by atoms with Crippen molar-refractivity contribution in [3.63, 3.8) is 0 Å². The van der Waals surface area contributed by atoms with E-state index in [1.54, 1.807) is 0 Å². The van der Waals surface area contributed by atoms with Crippen LogP contribution in [0.1, 0.15) is 48.4 Å². The number of pyridine rings is 1. The Labute approximate surface area is 172 Å². The molecule has 164 valence electrons. The molecule has 1 aliphatic rings. The van der Waals surface area contributed by atoms with E-state index in [2.05, 4.69) is 15.4 Å². The number of hydrogen-bond acceptors (Lipinski definition) is 6. The van der Waals surface area contributed by atoms with Gasteiger partial charge in [-0.25, -0.2) is 18.5 Å². The second kappa shape index (κ2) is 7.67. The highest BCUT2D eigenvalue weighted by atomic mass is 32.2. The molecule has 1 amide bonds. The van der Waals surface area contributed by atoms with Crippen molar-refractivity contribution in [3.05, 3.63) is 35.3 Å². The highest BCUT2D eigenvalue weighted by molar-refractivity contribution is 7.89. The molecule has 0 radical (unpaired) electrons. The molecule has 0 aromatic carbocycles. The first-order valence-electron chi connectivity index (χ1n) is 9.20. The van der Waals surface area contributed by atoms with E-state index in [4.69, 9.17) is 9.88 Å². The summed E-state index contributed by atoms with van der Waals surface area (Å²) in [6.07, 6.45) is 2.69. The Hall–Kier alpha value is -2.44. The van der Waals surface area contributed by atoms with E-state index in [0.717, 1.165) is 12.5 Å². The van der Waals surface area contributed by atoms with Crippen molar-refractivity contribution in [3.8, 4) is 0 Å². The zero-order chi connectivity index (χ0) is 22.3. The van der Waals surface area contributed by atoms with Crippen molar-refractivity contribution < 1.29 is 26.7 Å². The van der Waals surface area contributed by atoms with Gasteiger partial charge in [0.25, 0.3) is 21.9 Å². The molecule has 12 heteroatoms. The summed E-state index contributed by atoms with van der Waals surface area (Å²) in [5.74, 6) is -3.97. The Kier molecular flexibility index (Phi) is 5.69. The number of halogens is 2. The molecule has 3 rings (SSSR count). The van der Waals surface area contributed by atoms with Crippen LogP contribution in [0.25, 0.3) is 0 Å². The molecule has 0 saturated carbocycles. The van der Waals surface area contributed by atoms with Gasteiger partial charge in [0.2, 0.25) is 0 Å². The lowest BCUT2D eigenvalue weighted by atomic mass is 10.0. The van der Waals surface area contributed by atoms with Crippen molar-refractivity contribution in [2.75, 3.05) is 11.9 Å². The van der Waals surface area contributed by atoms with Gasteiger partial charge in [0.1, 0.15) is 11.4 Å².